The third-order valence-corrected chi connectivity index (χ3v) is 3.08. The summed E-state index contributed by atoms with van der Waals surface area (Å²) < 4.78 is 0. The first-order valence-electron chi connectivity index (χ1n) is 7.57. The van der Waals surface area contributed by atoms with Crippen molar-refractivity contribution in [3.63, 3.8) is 0 Å². The van der Waals surface area contributed by atoms with Crippen LogP contribution in [0.5, 0.6) is 0 Å². The SMILES string of the molecule is CCCCCc1ccccc1.O=C/C=C/c1ccccc1. The fourth-order valence-electron chi connectivity index (χ4n) is 1.94. The van der Waals surface area contributed by atoms with Crippen LogP contribution in [0, 0.1) is 0 Å². The van der Waals surface area contributed by atoms with Crippen molar-refractivity contribution in [1.29, 1.82) is 0 Å². The zero-order chi connectivity index (χ0) is 15.2. The lowest BCUT2D eigenvalue weighted by Gasteiger charge is -1.98. The number of rotatable bonds is 6. The summed E-state index contributed by atoms with van der Waals surface area (Å²) in [5, 5.41) is 0. The van der Waals surface area contributed by atoms with E-state index in [9.17, 15) is 4.79 Å². The lowest BCUT2D eigenvalue weighted by atomic mass is 10.1. The maximum absolute atomic E-state index is 9.89. The van der Waals surface area contributed by atoms with Crippen LogP contribution in [0.3, 0.4) is 0 Å². The van der Waals surface area contributed by atoms with Gasteiger partial charge >= 0.3 is 0 Å². The quantitative estimate of drug-likeness (QED) is 0.398. The first kappa shape index (κ1) is 16.9. The summed E-state index contributed by atoms with van der Waals surface area (Å²) in [4.78, 5) is 9.89. The molecule has 0 N–H and O–H groups in total. The highest BCUT2D eigenvalue weighted by Crippen LogP contribution is 2.05. The smallest absolute Gasteiger partial charge is 0.142 e. The van der Waals surface area contributed by atoms with E-state index < -0.39 is 0 Å². The number of carbonyl (C=O) groups excluding carboxylic acids is 1. The van der Waals surface area contributed by atoms with E-state index in [1.807, 2.05) is 30.3 Å². The molecule has 0 bridgehead atoms. The molecule has 2 aromatic carbocycles. The van der Waals surface area contributed by atoms with Crippen LogP contribution in [-0.2, 0) is 11.2 Å². The highest BCUT2D eigenvalue weighted by atomic mass is 16.1. The van der Waals surface area contributed by atoms with Crippen LogP contribution in [0.4, 0.5) is 0 Å². The second-order valence-corrected chi connectivity index (χ2v) is 4.85. The summed E-state index contributed by atoms with van der Waals surface area (Å²) in [7, 11) is 0. The Kier molecular flexibility index (Phi) is 9.38. The number of aryl methyl sites for hydroxylation is 1. The molecule has 0 heterocycles. The van der Waals surface area contributed by atoms with Gasteiger partial charge in [-0.2, -0.15) is 0 Å². The van der Waals surface area contributed by atoms with Crippen molar-refractivity contribution in [2.24, 2.45) is 0 Å². The van der Waals surface area contributed by atoms with E-state index in [0.29, 0.717) is 0 Å². The largest absolute Gasteiger partial charge is 0.299 e. The number of benzene rings is 2. The Hall–Kier alpha value is -2.15. The second kappa shape index (κ2) is 11.7. The summed E-state index contributed by atoms with van der Waals surface area (Å²) >= 11 is 0. The maximum atomic E-state index is 9.89. The van der Waals surface area contributed by atoms with E-state index in [2.05, 4.69) is 37.3 Å². The van der Waals surface area contributed by atoms with Crippen molar-refractivity contribution in [2.75, 3.05) is 0 Å². The van der Waals surface area contributed by atoms with Crippen molar-refractivity contribution in [1.82, 2.24) is 0 Å². The topological polar surface area (TPSA) is 17.1 Å². The molecule has 0 aliphatic heterocycles. The molecule has 2 aromatic rings. The summed E-state index contributed by atoms with van der Waals surface area (Å²) in [6.07, 6.45) is 9.27. The highest BCUT2D eigenvalue weighted by molar-refractivity contribution is 5.73. The number of aldehydes is 1. The van der Waals surface area contributed by atoms with Gasteiger partial charge in [0.2, 0.25) is 0 Å². The molecule has 0 unspecified atom stereocenters. The van der Waals surface area contributed by atoms with Gasteiger partial charge in [-0.05, 0) is 30.0 Å². The van der Waals surface area contributed by atoms with E-state index in [4.69, 9.17) is 0 Å². The van der Waals surface area contributed by atoms with Crippen LogP contribution in [0.15, 0.2) is 66.7 Å². The zero-order valence-corrected chi connectivity index (χ0v) is 12.7. The first-order valence-corrected chi connectivity index (χ1v) is 7.57. The van der Waals surface area contributed by atoms with Gasteiger partial charge in [0.25, 0.3) is 0 Å². The molecule has 2 rings (SSSR count). The Bertz CT molecular complexity index is 500. The predicted octanol–water partition coefficient (Wildman–Crippen LogP) is 5.32. The zero-order valence-electron chi connectivity index (χ0n) is 12.7. The van der Waals surface area contributed by atoms with E-state index in [-0.39, 0.29) is 0 Å². The molecule has 0 amide bonds. The molecule has 0 aromatic heterocycles. The Morgan fingerprint density at radius 1 is 0.857 bits per heavy atom. The van der Waals surface area contributed by atoms with Gasteiger partial charge in [0.05, 0.1) is 0 Å². The molecule has 0 saturated heterocycles. The third kappa shape index (κ3) is 8.59. The van der Waals surface area contributed by atoms with Crippen LogP contribution in [0.25, 0.3) is 6.08 Å². The van der Waals surface area contributed by atoms with E-state index in [1.165, 1.54) is 37.3 Å². The molecular formula is C20H24O. The Morgan fingerprint density at radius 2 is 1.48 bits per heavy atom. The average Bonchev–Trinajstić information content (AvgIpc) is 2.56. The lowest BCUT2D eigenvalue weighted by molar-refractivity contribution is -0.104. The molecule has 1 nitrogen and oxygen atoms in total. The molecule has 0 radical (unpaired) electrons. The lowest BCUT2D eigenvalue weighted by Crippen LogP contribution is -1.83. The van der Waals surface area contributed by atoms with Crippen molar-refractivity contribution in [3.8, 4) is 0 Å². The van der Waals surface area contributed by atoms with Crippen molar-refractivity contribution < 1.29 is 4.79 Å². The third-order valence-electron chi connectivity index (χ3n) is 3.08. The minimum Gasteiger partial charge on any atom is -0.299 e. The van der Waals surface area contributed by atoms with Crippen LogP contribution in [-0.4, -0.2) is 6.29 Å². The molecule has 0 saturated carbocycles. The number of carbonyl (C=O) groups is 1. The van der Waals surface area contributed by atoms with E-state index in [1.54, 1.807) is 6.08 Å². The van der Waals surface area contributed by atoms with Crippen molar-refractivity contribution >= 4 is 12.4 Å². The molecule has 0 aliphatic carbocycles. The molecule has 0 aliphatic rings. The molecule has 110 valence electrons. The standard InChI is InChI=1S/C11H16.C9H8O/c1-2-3-5-8-11-9-6-4-7-10-11;10-8-4-7-9-5-2-1-3-6-9/h4,6-7,9-10H,2-3,5,8H2,1H3;1-8H/b;7-4+. The second-order valence-electron chi connectivity index (χ2n) is 4.85. The summed E-state index contributed by atoms with van der Waals surface area (Å²) in [6, 6.07) is 20.4. The van der Waals surface area contributed by atoms with Gasteiger partial charge in [0.1, 0.15) is 6.29 Å². The number of hydrogen-bond acceptors (Lipinski definition) is 1. The van der Waals surface area contributed by atoms with Crippen LogP contribution in [0.1, 0.15) is 37.3 Å². The molecule has 0 spiro atoms. The van der Waals surface area contributed by atoms with Crippen LogP contribution < -0.4 is 0 Å². The molecule has 0 atom stereocenters. The normalized spacial score (nSPS) is 9.95. The highest BCUT2D eigenvalue weighted by Gasteiger charge is 1.89. The molecule has 0 fully saturated rings. The van der Waals surface area contributed by atoms with Crippen molar-refractivity contribution in [3.05, 3.63) is 77.9 Å². The summed E-state index contributed by atoms with van der Waals surface area (Å²) in [5.74, 6) is 0. The van der Waals surface area contributed by atoms with Gasteiger partial charge < -0.3 is 0 Å². The predicted molar refractivity (Wildman–Crippen MR) is 91.2 cm³/mol. The molecule has 1 heteroatoms. The Morgan fingerprint density at radius 3 is 2.05 bits per heavy atom. The van der Waals surface area contributed by atoms with Crippen LogP contribution in [0.2, 0.25) is 0 Å². The fourth-order valence-corrected chi connectivity index (χ4v) is 1.94. The van der Waals surface area contributed by atoms with Gasteiger partial charge in [-0.3, -0.25) is 4.79 Å². The Labute approximate surface area is 128 Å². The first-order chi connectivity index (χ1) is 10.4. The Balaban J connectivity index is 0.000000211. The van der Waals surface area contributed by atoms with Gasteiger partial charge in [-0.25, -0.2) is 0 Å². The summed E-state index contributed by atoms with van der Waals surface area (Å²) in [6.45, 7) is 2.24. The number of unbranched alkanes of at least 4 members (excludes halogenated alkanes) is 2. The van der Waals surface area contributed by atoms with Gasteiger partial charge in [-0.15, -0.1) is 0 Å². The van der Waals surface area contributed by atoms with Crippen molar-refractivity contribution in [2.45, 2.75) is 32.6 Å². The number of hydrogen-bond donors (Lipinski definition) is 0. The van der Waals surface area contributed by atoms with Gasteiger partial charge in [0.15, 0.2) is 0 Å². The van der Waals surface area contributed by atoms with Gasteiger partial charge in [0, 0.05) is 0 Å². The monoisotopic (exact) mass is 280 g/mol. The minimum absolute atomic E-state index is 0.771. The van der Waals surface area contributed by atoms with E-state index >= 15 is 0 Å². The van der Waals surface area contributed by atoms with E-state index in [0.717, 1.165) is 11.8 Å². The molecular weight excluding hydrogens is 256 g/mol. The molecule has 21 heavy (non-hydrogen) atoms. The number of allylic oxidation sites excluding steroid dienone is 1. The maximum Gasteiger partial charge on any atom is 0.142 e. The average molecular weight is 280 g/mol. The summed E-state index contributed by atoms with van der Waals surface area (Å²) in [5.41, 5.74) is 2.52. The fraction of sp³-hybridized carbons (Fsp3) is 0.250. The van der Waals surface area contributed by atoms with Crippen LogP contribution >= 0.6 is 0 Å². The minimum atomic E-state index is 0.771. The van der Waals surface area contributed by atoms with Gasteiger partial charge in [-0.1, -0.05) is 86.5 Å².